The average Bonchev–Trinajstić information content (AvgIpc) is 3.72. The zero-order chi connectivity index (χ0) is 36.0. The number of hydrogen-bond acceptors (Lipinski definition) is 3. The zero-order valence-corrected chi connectivity index (χ0v) is 30.0. The highest BCUT2D eigenvalue weighted by molar-refractivity contribution is 6.19. The molecule has 8 aromatic carbocycles. The minimum Gasteiger partial charge on any atom is -0.455 e. The third-order valence-electron chi connectivity index (χ3n) is 11.5. The van der Waals surface area contributed by atoms with E-state index >= 15 is 0 Å². The van der Waals surface area contributed by atoms with E-state index in [0.29, 0.717) is 5.82 Å². The fraction of sp³-hybridized carbons (Fsp3) is 0.0588. The largest absolute Gasteiger partial charge is 0.455 e. The van der Waals surface area contributed by atoms with Crippen molar-refractivity contribution in [2.75, 3.05) is 0 Å². The van der Waals surface area contributed by atoms with Crippen LogP contribution < -0.4 is 0 Å². The number of aromatic nitrogens is 2. The van der Waals surface area contributed by atoms with E-state index < -0.39 is 0 Å². The molecule has 11 rings (SSSR count). The zero-order valence-electron chi connectivity index (χ0n) is 30.0. The Labute approximate surface area is 313 Å². The van der Waals surface area contributed by atoms with Crippen LogP contribution in [0, 0.1) is 0 Å². The molecule has 10 aromatic rings. The van der Waals surface area contributed by atoms with E-state index in [2.05, 4.69) is 178 Å². The fourth-order valence-corrected chi connectivity index (χ4v) is 8.85. The lowest BCUT2D eigenvalue weighted by Crippen LogP contribution is -2.14. The van der Waals surface area contributed by atoms with E-state index in [1.165, 1.54) is 38.4 Å². The monoisotopic (exact) mass is 690 g/mol. The van der Waals surface area contributed by atoms with Crippen molar-refractivity contribution < 1.29 is 4.42 Å². The molecule has 2 aromatic heterocycles. The molecule has 0 amide bonds. The first-order valence-electron chi connectivity index (χ1n) is 18.6. The van der Waals surface area contributed by atoms with Gasteiger partial charge in [-0.15, -0.1) is 0 Å². The van der Waals surface area contributed by atoms with E-state index in [-0.39, 0.29) is 5.41 Å². The molecule has 0 atom stereocenters. The summed E-state index contributed by atoms with van der Waals surface area (Å²) in [6.07, 6.45) is 0. The molecule has 0 bridgehead atoms. The van der Waals surface area contributed by atoms with Crippen molar-refractivity contribution in [3.05, 3.63) is 181 Å². The van der Waals surface area contributed by atoms with Crippen molar-refractivity contribution in [1.29, 1.82) is 0 Å². The molecule has 0 spiro atoms. The van der Waals surface area contributed by atoms with E-state index in [9.17, 15) is 0 Å². The van der Waals surface area contributed by atoms with Crippen LogP contribution in [0.1, 0.15) is 25.0 Å². The second-order valence-corrected chi connectivity index (χ2v) is 14.9. The molecule has 0 N–H and O–H groups in total. The van der Waals surface area contributed by atoms with Gasteiger partial charge in [0, 0.05) is 38.3 Å². The van der Waals surface area contributed by atoms with Crippen LogP contribution >= 0.6 is 0 Å². The lowest BCUT2D eigenvalue weighted by molar-refractivity contribution is 0.661. The van der Waals surface area contributed by atoms with Gasteiger partial charge in [0.1, 0.15) is 11.2 Å². The molecular weight excluding hydrogens is 657 g/mol. The first kappa shape index (κ1) is 30.8. The van der Waals surface area contributed by atoms with Crippen LogP contribution in [0.15, 0.2) is 174 Å². The Kier molecular flexibility index (Phi) is 6.60. The summed E-state index contributed by atoms with van der Waals surface area (Å²) < 4.78 is 6.62. The summed E-state index contributed by atoms with van der Waals surface area (Å²) in [4.78, 5) is 10.7. The Balaban J connectivity index is 1.16. The summed E-state index contributed by atoms with van der Waals surface area (Å²) in [6, 6.07) is 60.5. The minimum absolute atomic E-state index is 0.160. The van der Waals surface area contributed by atoms with Gasteiger partial charge in [0.2, 0.25) is 0 Å². The second kappa shape index (κ2) is 11.6. The molecule has 0 fully saturated rings. The van der Waals surface area contributed by atoms with E-state index in [1.807, 2.05) is 6.07 Å². The van der Waals surface area contributed by atoms with Crippen molar-refractivity contribution in [3.63, 3.8) is 0 Å². The van der Waals surface area contributed by atoms with Crippen molar-refractivity contribution in [3.8, 4) is 56.2 Å². The average molecular weight is 691 g/mol. The van der Waals surface area contributed by atoms with E-state index in [1.54, 1.807) is 0 Å². The van der Waals surface area contributed by atoms with Gasteiger partial charge in [-0.3, -0.25) is 0 Å². The first-order valence-corrected chi connectivity index (χ1v) is 18.6. The van der Waals surface area contributed by atoms with Crippen LogP contribution in [-0.2, 0) is 5.41 Å². The second-order valence-electron chi connectivity index (χ2n) is 14.9. The third kappa shape index (κ3) is 4.55. The summed E-state index contributed by atoms with van der Waals surface area (Å²) in [7, 11) is 0. The van der Waals surface area contributed by atoms with Crippen molar-refractivity contribution in [1.82, 2.24) is 9.97 Å². The summed E-state index contributed by atoms with van der Waals surface area (Å²) in [6.45, 7) is 4.69. The SMILES string of the molecule is CC1(C)c2cc3ccccc3cc2-c2c(-c3cc(-c4ccccc4-c4cccc5oc6c7ccccc7ccc6c45)nc(-c4ccccc4)n3)cccc21. The predicted octanol–water partition coefficient (Wildman–Crippen LogP) is 13.7. The maximum atomic E-state index is 6.62. The molecule has 0 radical (unpaired) electrons. The Morgan fingerprint density at radius 3 is 1.93 bits per heavy atom. The van der Waals surface area contributed by atoms with Gasteiger partial charge in [-0.1, -0.05) is 153 Å². The normalized spacial score (nSPS) is 13.1. The summed E-state index contributed by atoms with van der Waals surface area (Å²) in [5.74, 6) is 0.699. The molecule has 0 aliphatic heterocycles. The van der Waals surface area contributed by atoms with E-state index in [4.69, 9.17) is 14.4 Å². The Morgan fingerprint density at radius 1 is 0.444 bits per heavy atom. The van der Waals surface area contributed by atoms with Crippen LogP contribution in [-0.4, -0.2) is 9.97 Å². The van der Waals surface area contributed by atoms with Crippen LogP contribution in [0.5, 0.6) is 0 Å². The van der Waals surface area contributed by atoms with Gasteiger partial charge in [-0.25, -0.2) is 9.97 Å². The highest BCUT2D eigenvalue weighted by Gasteiger charge is 2.37. The molecule has 3 heteroatoms. The highest BCUT2D eigenvalue weighted by atomic mass is 16.3. The highest BCUT2D eigenvalue weighted by Crippen LogP contribution is 2.53. The smallest absolute Gasteiger partial charge is 0.160 e. The van der Waals surface area contributed by atoms with Crippen LogP contribution in [0.3, 0.4) is 0 Å². The van der Waals surface area contributed by atoms with Gasteiger partial charge in [-0.05, 0) is 79.9 Å². The molecule has 3 nitrogen and oxygen atoms in total. The lowest BCUT2D eigenvalue weighted by Gasteiger charge is -2.22. The van der Waals surface area contributed by atoms with Crippen molar-refractivity contribution in [2.24, 2.45) is 0 Å². The van der Waals surface area contributed by atoms with Gasteiger partial charge < -0.3 is 4.42 Å². The van der Waals surface area contributed by atoms with Crippen molar-refractivity contribution in [2.45, 2.75) is 19.3 Å². The van der Waals surface area contributed by atoms with Crippen molar-refractivity contribution >= 4 is 43.5 Å². The quantitative estimate of drug-likeness (QED) is 0.184. The summed E-state index contributed by atoms with van der Waals surface area (Å²) in [5.41, 5.74) is 13.9. The topological polar surface area (TPSA) is 38.9 Å². The number of furan rings is 1. The molecular formula is C51H34N2O. The van der Waals surface area contributed by atoms with Crippen LogP contribution in [0.25, 0.3) is 99.6 Å². The van der Waals surface area contributed by atoms with Gasteiger partial charge in [-0.2, -0.15) is 0 Å². The molecule has 254 valence electrons. The first-order chi connectivity index (χ1) is 26.5. The van der Waals surface area contributed by atoms with Gasteiger partial charge >= 0.3 is 0 Å². The van der Waals surface area contributed by atoms with Gasteiger partial charge in [0.05, 0.1) is 11.4 Å². The maximum absolute atomic E-state index is 6.62. The molecule has 0 saturated carbocycles. The van der Waals surface area contributed by atoms with Gasteiger partial charge in [0.25, 0.3) is 0 Å². The maximum Gasteiger partial charge on any atom is 0.160 e. The fourth-order valence-electron chi connectivity index (χ4n) is 8.85. The lowest BCUT2D eigenvalue weighted by atomic mass is 9.81. The van der Waals surface area contributed by atoms with Crippen LogP contribution in [0.2, 0.25) is 0 Å². The summed E-state index contributed by atoms with van der Waals surface area (Å²) >= 11 is 0. The van der Waals surface area contributed by atoms with Gasteiger partial charge in [0.15, 0.2) is 5.82 Å². The number of nitrogens with zero attached hydrogens (tertiary/aromatic N) is 2. The number of fused-ring (bicyclic) bond motifs is 9. The number of hydrogen-bond donors (Lipinski definition) is 0. The number of benzene rings is 8. The minimum atomic E-state index is -0.160. The van der Waals surface area contributed by atoms with E-state index in [0.717, 1.165) is 66.5 Å². The standard InChI is InChI=1S/C51H34N2O/c1-51(2)42-24-12-23-39(47(42)41-28-33-17-6-7-18-34(33)29-43(41)51)45-30-44(52-50(53-45)32-15-4-3-5-16-32)37-21-11-10-20-36(37)38-22-13-25-46-48(38)40-27-26-31-14-8-9-19-35(31)49(40)54-46/h3-30H,1-2H3. The molecule has 0 unspecified atom stereocenters. The summed E-state index contributed by atoms with van der Waals surface area (Å²) in [5, 5.41) is 7.00. The Bertz CT molecular complexity index is 3130. The Morgan fingerprint density at radius 2 is 1.09 bits per heavy atom. The molecule has 1 aliphatic rings. The number of rotatable bonds is 4. The predicted molar refractivity (Wildman–Crippen MR) is 224 cm³/mol. The third-order valence-corrected chi connectivity index (χ3v) is 11.5. The Hall–Kier alpha value is -6.84. The molecule has 54 heavy (non-hydrogen) atoms. The molecule has 1 aliphatic carbocycles. The molecule has 0 saturated heterocycles. The van der Waals surface area contributed by atoms with Crippen LogP contribution in [0.4, 0.5) is 0 Å². The molecule has 2 heterocycles.